The summed E-state index contributed by atoms with van der Waals surface area (Å²) >= 11 is 0. The maximum Gasteiger partial charge on any atom is 0.231 e. The normalized spacial score (nSPS) is 18.0. The van der Waals surface area contributed by atoms with Crippen LogP contribution in [0.4, 0.5) is 0 Å². The molecule has 2 aliphatic heterocycles. The Kier molecular flexibility index (Phi) is 1.53. The number of hydrogen-bond acceptors (Lipinski definition) is 4. The van der Waals surface area contributed by atoms with E-state index in [1.54, 1.807) is 12.4 Å². The Morgan fingerprint density at radius 3 is 2.71 bits per heavy atom. The Balaban J connectivity index is 2.00. The molecule has 0 saturated heterocycles. The summed E-state index contributed by atoms with van der Waals surface area (Å²) in [6.07, 6.45) is 3.30. The number of ether oxygens (including phenoxy) is 2. The van der Waals surface area contributed by atoms with Gasteiger partial charge in [0.2, 0.25) is 6.79 Å². The van der Waals surface area contributed by atoms with Crippen LogP contribution in [0.3, 0.4) is 0 Å². The third-order valence-electron chi connectivity index (χ3n) is 2.22. The fourth-order valence-corrected chi connectivity index (χ4v) is 1.52. The predicted octanol–water partition coefficient (Wildman–Crippen LogP) is 1.57. The number of benzene rings is 1. The number of rotatable bonds is 1. The van der Waals surface area contributed by atoms with Crippen molar-refractivity contribution in [2.24, 2.45) is 9.98 Å². The van der Waals surface area contributed by atoms with Gasteiger partial charge < -0.3 is 9.47 Å². The minimum absolute atomic E-state index is 0.107. The van der Waals surface area contributed by atoms with Crippen molar-refractivity contribution in [1.82, 2.24) is 0 Å². The summed E-state index contributed by atoms with van der Waals surface area (Å²) in [5, 5.41) is 0. The lowest BCUT2D eigenvalue weighted by molar-refractivity contribution is 0.174. The van der Waals surface area contributed by atoms with Crippen LogP contribution < -0.4 is 9.47 Å². The first-order valence-electron chi connectivity index (χ1n) is 4.38. The van der Waals surface area contributed by atoms with E-state index in [9.17, 15) is 0 Å². The highest BCUT2D eigenvalue weighted by Crippen LogP contribution is 2.35. The molecule has 0 N–H and O–H groups in total. The molecule has 2 heterocycles. The van der Waals surface area contributed by atoms with Crippen molar-refractivity contribution in [1.29, 1.82) is 0 Å². The van der Waals surface area contributed by atoms with Gasteiger partial charge >= 0.3 is 0 Å². The van der Waals surface area contributed by atoms with Crippen LogP contribution in [0.25, 0.3) is 0 Å². The van der Waals surface area contributed by atoms with Crippen molar-refractivity contribution >= 4 is 12.4 Å². The molecule has 0 fully saturated rings. The molecule has 0 bridgehead atoms. The van der Waals surface area contributed by atoms with Crippen molar-refractivity contribution < 1.29 is 9.47 Å². The van der Waals surface area contributed by atoms with Crippen molar-refractivity contribution in [2.75, 3.05) is 6.79 Å². The molecule has 1 aromatic rings. The van der Waals surface area contributed by atoms with E-state index < -0.39 is 0 Å². The van der Waals surface area contributed by atoms with E-state index in [2.05, 4.69) is 9.98 Å². The van der Waals surface area contributed by atoms with Gasteiger partial charge in [-0.15, -0.1) is 0 Å². The standard InChI is InChI=1S/C10H8N2O2/c1-2-8-9(14-6-13-8)5-7(1)10-11-3-4-12-10/h1-5,10H,6H2. The Morgan fingerprint density at radius 2 is 1.86 bits per heavy atom. The molecule has 14 heavy (non-hydrogen) atoms. The summed E-state index contributed by atoms with van der Waals surface area (Å²) in [6.45, 7) is 0.302. The molecule has 0 aromatic heterocycles. The highest BCUT2D eigenvalue weighted by atomic mass is 16.7. The van der Waals surface area contributed by atoms with Crippen LogP contribution in [0.15, 0.2) is 28.2 Å². The lowest BCUT2D eigenvalue weighted by Crippen LogP contribution is -1.93. The zero-order chi connectivity index (χ0) is 9.38. The topological polar surface area (TPSA) is 43.2 Å². The maximum absolute atomic E-state index is 5.27. The summed E-state index contributed by atoms with van der Waals surface area (Å²) in [7, 11) is 0. The van der Waals surface area contributed by atoms with Gasteiger partial charge in [-0.3, -0.25) is 9.98 Å². The molecular formula is C10H8N2O2. The number of hydrogen-bond donors (Lipinski definition) is 0. The zero-order valence-corrected chi connectivity index (χ0v) is 7.38. The van der Waals surface area contributed by atoms with Gasteiger partial charge in [0.25, 0.3) is 0 Å². The molecule has 2 aliphatic rings. The van der Waals surface area contributed by atoms with Crippen molar-refractivity contribution in [3.63, 3.8) is 0 Å². The molecule has 0 radical (unpaired) electrons. The first-order chi connectivity index (χ1) is 6.93. The van der Waals surface area contributed by atoms with Gasteiger partial charge in [0, 0.05) is 18.0 Å². The molecule has 70 valence electrons. The van der Waals surface area contributed by atoms with Crippen LogP contribution >= 0.6 is 0 Å². The molecule has 3 rings (SSSR count). The molecule has 0 amide bonds. The lowest BCUT2D eigenvalue weighted by Gasteiger charge is -2.04. The summed E-state index contributed by atoms with van der Waals surface area (Å²) < 4.78 is 10.5. The second-order valence-corrected chi connectivity index (χ2v) is 3.08. The van der Waals surface area contributed by atoms with Crippen LogP contribution in [-0.2, 0) is 0 Å². The van der Waals surface area contributed by atoms with Crippen LogP contribution in [-0.4, -0.2) is 19.2 Å². The summed E-state index contributed by atoms with van der Waals surface area (Å²) in [5.41, 5.74) is 1.03. The van der Waals surface area contributed by atoms with E-state index in [4.69, 9.17) is 9.47 Å². The highest BCUT2D eigenvalue weighted by molar-refractivity contribution is 6.17. The fourth-order valence-electron chi connectivity index (χ4n) is 1.52. The second kappa shape index (κ2) is 2.83. The molecule has 0 spiro atoms. The molecule has 0 atom stereocenters. The van der Waals surface area contributed by atoms with Crippen LogP contribution in [0.5, 0.6) is 11.5 Å². The van der Waals surface area contributed by atoms with Crippen molar-refractivity contribution in [2.45, 2.75) is 6.17 Å². The third kappa shape index (κ3) is 1.08. The van der Waals surface area contributed by atoms with E-state index in [1.807, 2.05) is 18.2 Å². The fraction of sp³-hybridized carbons (Fsp3) is 0.200. The molecule has 1 aromatic carbocycles. The first-order valence-corrected chi connectivity index (χ1v) is 4.38. The van der Waals surface area contributed by atoms with Crippen molar-refractivity contribution in [3.05, 3.63) is 23.8 Å². The van der Waals surface area contributed by atoms with Gasteiger partial charge in [0.1, 0.15) is 0 Å². The zero-order valence-electron chi connectivity index (χ0n) is 7.38. The summed E-state index contributed by atoms with van der Waals surface area (Å²) in [6, 6.07) is 5.77. The highest BCUT2D eigenvalue weighted by Gasteiger charge is 2.17. The van der Waals surface area contributed by atoms with Crippen molar-refractivity contribution in [3.8, 4) is 11.5 Å². The van der Waals surface area contributed by atoms with E-state index in [1.165, 1.54) is 0 Å². The lowest BCUT2D eigenvalue weighted by atomic mass is 10.1. The van der Waals surface area contributed by atoms with Crippen LogP contribution in [0, 0.1) is 0 Å². The van der Waals surface area contributed by atoms with Gasteiger partial charge in [-0.1, -0.05) is 6.07 Å². The minimum Gasteiger partial charge on any atom is -0.454 e. The Bertz CT molecular complexity index is 414. The second-order valence-electron chi connectivity index (χ2n) is 3.08. The van der Waals surface area contributed by atoms with Gasteiger partial charge in [-0.05, 0) is 12.1 Å². The quantitative estimate of drug-likeness (QED) is 0.671. The Morgan fingerprint density at radius 1 is 1.07 bits per heavy atom. The molecule has 4 heteroatoms. The predicted molar refractivity (Wildman–Crippen MR) is 52.3 cm³/mol. The third-order valence-corrected chi connectivity index (χ3v) is 2.22. The Hall–Kier alpha value is -1.84. The van der Waals surface area contributed by atoms with E-state index in [0.717, 1.165) is 17.1 Å². The minimum atomic E-state index is -0.107. The average molecular weight is 188 g/mol. The summed E-state index contributed by atoms with van der Waals surface area (Å²) in [5.74, 6) is 1.57. The maximum atomic E-state index is 5.27. The van der Waals surface area contributed by atoms with Gasteiger partial charge in [-0.2, -0.15) is 0 Å². The molecule has 0 aliphatic carbocycles. The molecule has 4 nitrogen and oxygen atoms in total. The first kappa shape index (κ1) is 7.55. The molecule has 0 unspecified atom stereocenters. The monoisotopic (exact) mass is 188 g/mol. The molecule has 0 saturated carbocycles. The number of aliphatic imine (C=N–C) groups is 2. The summed E-state index contributed by atoms with van der Waals surface area (Å²) in [4.78, 5) is 8.38. The van der Waals surface area contributed by atoms with Crippen LogP contribution in [0.1, 0.15) is 11.7 Å². The smallest absolute Gasteiger partial charge is 0.231 e. The molecular weight excluding hydrogens is 180 g/mol. The van der Waals surface area contributed by atoms with Gasteiger partial charge in [0.15, 0.2) is 17.7 Å². The van der Waals surface area contributed by atoms with E-state index in [-0.39, 0.29) is 6.17 Å². The SMILES string of the molecule is C1=NC(c2ccc3c(c2)OCO3)N=C1. The number of nitrogens with zero attached hydrogens (tertiary/aromatic N) is 2. The van der Waals surface area contributed by atoms with E-state index in [0.29, 0.717) is 6.79 Å². The average Bonchev–Trinajstić information content (AvgIpc) is 2.88. The number of fused-ring (bicyclic) bond motifs is 1. The van der Waals surface area contributed by atoms with Gasteiger partial charge in [0.05, 0.1) is 0 Å². The Labute approximate surface area is 80.9 Å². The van der Waals surface area contributed by atoms with Crippen LogP contribution in [0.2, 0.25) is 0 Å². The largest absolute Gasteiger partial charge is 0.454 e. The van der Waals surface area contributed by atoms with E-state index >= 15 is 0 Å². The van der Waals surface area contributed by atoms with Gasteiger partial charge in [-0.25, -0.2) is 0 Å².